The molecule has 0 unspecified atom stereocenters. The Morgan fingerprint density at radius 3 is 2.46 bits per heavy atom. The van der Waals surface area contributed by atoms with Crippen LogP contribution in [0, 0.1) is 6.92 Å². The number of ether oxygens (including phenoxy) is 1. The summed E-state index contributed by atoms with van der Waals surface area (Å²) >= 11 is 11.5. The Bertz CT molecular complexity index is 912. The van der Waals surface area contributed by atoms with Crippen molar-refractivity contribution < 1.29 is 23.1 Å². The number of aryl methyl sites for hydroxylation is 1. The van der Waals surface area contributed by atoms with Crippen molar-refractivity contribution >= 4 is 44.9 Å². The summed E-state index contributed by atoms with van der Waals surface area (Å²) in [4.78, 5) is 11.2. The van der Waals surface area contributed by atoms with E-state index in [1.165, 1.54) is 25.3 Å². The summed E-state index contributed by atoms with van der Waals surface area (Å²) in [6.45, 7) is 1.69. The number of benzene rings is 2. The Labute approximate surface area is 149 Å². The molecule has 0 aliphatic rings. The molecule has 0 saturated carbocycles. The van der Waals surface area contributed by atoms with Gasteiger partial charge in [-0.3, -0.25) is 4.72 Å². The number of methoxy groups -OCH3 is 1. The molecule has 0 aliphatic heterocycles. The number of anilines is 1. The molecule has 0 bridgehead atoms. The molecule has 0 fully saturated rings. The van der Waals surface area contributed by atoms with E-state index in [2.05, 4.69) is 9.46 Å². The van der Waals surface area contributed by atoms with Crippen LogP contribution in [0.5, 0.6) is 5.75 Å². The number of phenolic OH excluding ortho intramolecular Hbond substituents is 1. The number of esters is 1. The molecule has 128 valence electrons. The predicted octanol–water partition coefficient (Wildman–Crippen LogP) is 3.59. The van der Waals surface area contributed by atoms with Crippen molar-refractivity contribution in [1.82, 2.24) is 0 Å². The first-order valence-corrected chi connectivity index (χ1v) is 8.79. The Morgan fingerprint density at radius 2 is 1.83 bits per heavy atom. The number of hydrogen-bond donors (Lipinski definition) is 2. The molecule has 2 aromatic carbocycles. The van der Waals surface area contributed by atoms with Gasteiger partial charge in [0.1, 0.15) is 4.90 Å². The van der Waals surface area contributed by atoms with E-state index in [1.54, 1.807) is 13.0 Å². The molecule has 9 heteroatoms. The highest BCUT2D eigenvalue weighted by Gasteiger charge is 2.22. The van der Waals surface area contributed by atoms with Gasteiger partial charge in [0.15, 0.2) is 5.75 Å². The van der Waals surface area contributed by atoms with Gasteiger partial charge in [0.25, 0.3) is 10.0 Å². The van der Waals surface area contributed by atoms with Gasteiger partial charge in [-0.1, -0.05) is 23.2 Å². The fourth-order valence-electron chi connectivity index (χ4n) is 2.04. The van der Waals surface area contributed by atoms with Gasteiger partial charge < -0.3 is 9.84 Å². The fourth-order valence-corrected chi connectivity index (χ4v) is 3.83. The summed E-state index contributed by atoms with van der Waals surface area (Å²) in [6.07, 6.45) is 0. The van der Waals surface area contributed by atoms with Crippen LogP contribution < -0.4 is 4.72 Å². The summed E-state index contributed by atoms with van der Waals surface area (Å²) in [5, 5.41) is 9.75. The summed E-state index contributed by atoms with van der Waals surface area (Å²) in [5.41, 5.74) is 0.957. The molecule has 2 N–H and O–H groups in total. The van der Waals surface area contributed by atoms with Gasteiger partial charge in [-0.2, -0.15) is 0 Å². The number of rotatable bonds is 4. The minimum Gasteiger partial charge on any atom is -0.505 e. The van der Waals surface area contributed by atoms with Gasteiger partial charge in [0, 0.05) is 10.7 Å². The van der Waals surface area contributed by atoms with Crippen LogP contribution in [0.4, 0.5) is 5.69 Å². The summed E-state index contributed by atoms with van der Waals surface area (Å²) < 4.78 is 31.9. The highest BCUT2D eigenvalue weighted by Crippen LogP contribution is 2.35. The number of nitrogens with one attached hydrogen (secondary N) is 1. The van der Waals surface area contributed by atoms with Crippen LogP contribution in [0.25, 0.3) is 0 Å². The first kappa shape index (κ1) is 18.4. The Morgan fingerprint density at radius 1 is 1.17 bits per heavy atom. The number of halogens is 2. The maximum atomic E-state index is 12.5. The van der Waals surface area contributed by atoms with E-state index in [0.717, 1.165) is 6.07 Å². The smallest absolute Gasteiger partial charge is 0.337 e. The van der Waals surface area contributed by atoms with Crippen molar-refractivity contribution in [2.45, 2.75) is 11.8 Å². The number of phenols is 1. The van der Waals surface area contributed by atoms with Crippen LogP contribution in [-0.4, -0.2) is 26.6 Å². The molecule has 0 saturated heterocycles. The lowest BCUT2D eigenvalue weighted by Gasteiger charge is -2.12. The van der Waals surface area contributed by atoms with E-state index in [4.69, 9.17) is 23.2 Å². The highest BCUT2D eigenvalue weighted by atomic mass is 35.5. The van der Waals surface area contributed by atoms with Crippen molar-refractivity contribution in [3.8, 4) is 5.75 Å². The number of sulfonamides is 1. The van der Waals surface area contributed by atoms with Crippen LogP contribution in [0.15, 0.2) is 35.2 Å². The van der Waals surface area contributed by atoms with Crippen molar-refractivity contribution in [3.05, 3.63) is 51.5 Å². The second-order valence-electron chi connectivity index (χ2n) is 4.92. The lowest BCUT2D eigenvalue weighted by molar-refractivity contribution is 0.0600. The number of carbonyl (C=O) groups is 1. The predicted molar refractivity (Wildman–Crippen MR) is 91.5 cm³/mol. The standard InChI is InChI=1S/C15H13Cl2NO5S/c1-8-3-9(15(20)23-2)5-11(4-8)18-24(21,22)13-7-10(16)6-12(17)14(13)19/h3-7,18-19H,1-2H3. The van der Waals surface area contributed by atoms with Gasteiger partial charge in [-0.05, 0) is 42.8 Å². The summed E-state index contributed by atoms with van der Waals surface area (Å²) in [7, 11) is -2.95. The van der Waals surface area contributed by atoms with Crippen LogP contribution in [0.3, 0.4) is 0 Å². The average Bonchev–Trinajstić information content (AvgIpc) is 2.48. The minimum absolute atomic E-state index is 0.0534. The first-order chi connectivity index (χ1) is 11.1. The average molecular weight is 390 g/mol. The van der Waals surface area contributed by atoms with Gasteiger partial charge in [-0.25, -0.2) is 13.2 Å². The molecule has 0 heterocycles. The third-order valence-corrected chi connectivity index (χ3v) is 4.93. The second-order valence-corrected chi connectivity index (χ2v) is 7.41. The van der Waals surface area contributed by atoms with Gasteiger partial charge >= 0.3 is 5.97 Å². The molecule has 0 radical (unpaired) electrons. The zero-order valence-corrected chi connectivity index (χ0v) is 15.0. The number of aromatic hydroxyl groups is 1. The zero-order chi connectivity index (χ0) is 18.1. The van der Waals surface area contributed by atoms with Gasteiger partial charge in [0.05, 0.1) is 17.7 Å². The van der Waals surface area contributed by atoms with Crippen molar-refractivity contribution in [1.29, 1.82) is 0 Å². The first-order valence-electron chi connectivity index (χ1n) is 6.55. The number of carbonyl (C=O) groups excluding carboxylic acids is 1. The van der Waals surface area contributed by atoms with Crippen molar-refractivity contribution in [2.75, 3.05) is 11.8 Å². The third kappa shape index (κ3) is 3.92. The molecule has 0 spiro atoms. The zero-order valence-electron chi connectivity index (χ0n) is 12.6. The van der Waals surface area contributed by atoms with Crippen LogP contribution in [0.2, 0.25) is 10.0 Å². The summed E-state index contributed by atoms with van der Waals surface area (Å²) in [5.74, 6) is -1.22. The lowest BCUT2D eigenvalue weighted by atomic mass is 10.1. The van der Waals surface area contributed by atoms with E-state index in [0.29, 0.717) is 5.56 Å². The Kier molecular flexibility index (Phi) is 5.27. The molecular weight excluding hydrogens is 377 g/mol. The molecule has 6 nitrogen and oxygen atoms in total. The summed E-state index contributed by atoms with van der Waals surface area (Å²) in [6, 6.07) is 6.69. The maximum Gasteiger partial charge on any atom is 0.337 e. The van der Waals surface area contributed by atoms with Crippen molar-refractivity contribution in [2.24, 2.45) is 0 Å². The third-order valence-electron chi connectivity index (χ3n) is 3.03. The van der Waals surface area contributed by atoms with E-state index >= 15 is 0 Å². The molecule has 2 rings (SSSR count). The molecular formula is C15H13Cl2NO5S. The lowest BCUT2D eigenvalue weighted by Crippen LogP contribution is -2.14. The van der Waals surface area contributed by atoms with Crippen LogP contribution >= 0.6 is 23.2 Å². The quantitative estimate of drug-likeness (QED) is 0.779. The van der Waals surface area contributed by atoms with Gasteiger partial charge in [-0.15, -0.1) is 0 Å². The molecule has 24 heavy (non-hydrogen) atoms. The van der Waals surface area contributed by atoms with E-state index < -0.39 is 26.6 Å². The largest absolute Gasteiger partial charge is 0.505 e. The van der Waals surface area contributed by atoms with Gasteiger partial charge in [0.2, 0.25) is 0 Å². The fraction of sp³-hybridized carbons (Fsp3) is 0.133. The molecule has 2 aromatic rings. The molecule has 0 amide bonds. The molecule has 0 atom stereocenters. The van der Waals surface area contributed by atoms with E-state index in [1.807, 2.05) is 0 Å². The topological polar surface area (TPSA) is 92.7 Å². The van der Waals surface area contributed by atoms with Crippen molar-refractivity contribution in [3.63, 3.8) is 0 Å². The Hall–Kier alpha value is -1.96. The van der Waals surface area contributed by atoms with E-state index in [-0.39, 0.29) is 21.3 Å². The number of hydrogen-bond acceptors (Lipinski definition) is 5. The second kappa shape index (κ2) is 6.88. The van der Waals surface area contributed by atoms with Crippen LogP contribution in [-0.2, 0) is 14.8 Å². The molecule has 0 aliphatic carbocycles. The normalized spacial score (nSPS) is 11.2. The van der Waals surface area contributed by atoms with Crippen LogP contribution in [0.1, 0.15) is 15.9 Å². The monoisotopic (exact) mass is 389 g/mol. The maximum absolute atomic E-state index is 12.5. The highest BCUT2D eigenvalue weighted by molar-refractivity contribution is 7.92. The SMILES string of the molecule is COC(=O)c1cc(C)cc(NS(=O)(=O)c2cc(Cl)cc(Cl)c2O)c1. The van der Waals surface area contributed by atoms with E-state index in [9.17, 15) is 18.3 Å². The minimum atomic E-state index is -4.18. The Balaban J connectivity index is 2.47. The molecule has 0 aromatic heterocycles.